The van der Waals surface area contributed by atoms with Gasteiger partial charge in [-0.2, -0.15) is 4.31 Å². The Labute approximate surface area is 144 Å². The van der Waals surface area contributed by atoms with E-state index in [0.717, 1.165) is 50.4 Å². The van der Waals surface area contributed by atoms with Crippen LogP contribution < -0.4 is 0 Å². The van der Waals surface area contributed by atoms with E-state index < -0.39 is 10.0 Å². The van der Waals surface area contributed by atoms with E-state index in [1.165, 1.54) is 6.26 Å². The third-order valence-electron chi connectivity index (χ3n) is 5.44. The van der Waals surface area contributed by atoms with E-state index >= 15 is 0 Å². The summed E-state index contributed by atoms with van der Waals surface area (Å²) >= 11 is 0. The van der Waals surface area contributed by atoms with Gasteiger partial charge in [0.1, 0.15) is 11.5 Å². The van der Waals surface area contributed by atoms with Crippen LogP contribution in [0.5, 0.6) is 0 Å². The van der Waals surface area contributed by atoms with Gasteiger partial charge in [-0.3, -0.25) is 4.90 Å². The quantitative estimate of drug-likeness (QED) is 0.806. The smallest absolute Gasteiger partial charge is 0.211 e. The van der Waals surface area contributed by atoms with E-state index in [2.05, 4.69) is 4.90 Å². The molecule has 2 aliphatic heterocycles. The Morgan fingerprint density at radius 3 is 2.58 bits per heavy atom. The van der Waals surface area contributed by atoms with E-state index in [1.54, 1.807) is 11.4 Å². The van der Waals surface area contributed by atoms with Crippen molar-refractivity contribution >= 4 is 10.0 Å². The summed E-state index contributed by atoms with van der Waals surface area (Å²) in [6.45, 7) is 5.87. The van der Waals surface area contributed by atoms with Crippen molar-refractivity contribution in [3.05, 3.63) is 23.7 Å². The van der Waals surface area contributed by atoms with Crippen molar-refractivity contribution in [2.45, 2.75) is 38.8 Å². The number of aryl methyl sites for hydroxylation is 1. The predicted molar refractivity (Wildman–Crippen MR) is 92.2 cm³/mol. The second-order valence-corrected chi connectivity index (χ2v) is 9.35. The zero-order valence-electron chi connectivity index (χ0n) is 14.8. The Morgan fingerprint density at radius 2 is 2.04 bits per heavy atom. The van der Waals surface area contributed by atoms with Crippen molar-refractivity contribution in [3.8, 4) is 0 Å². The van der Waals surface area contributed by atoms with Gasteiger partial charge in [-0.1, -0.05) is 0 Å². The third-order valence-corrected chi connectivity index (χ3v) is 6.72. The van der Waals surface area contributed by atoms with Crippen LogP contribution >= 0.6 is 0 Å². The number of nitrogens with zero attached hydrogens (tertiary/aromatic N) is 2. The number of likely N-dealkylation sites (tertiary alicyclic amines) is 1. The number of furan rings is 1. The molecule has 1 aromatic heterocycles. The molecule has 6 nitrogen and oxygen atoms in total. The monoisotopic (exact) mass is 356 g/mol. The van der Waals surface area contributed by atoms with Gasteiger partial charge in [-0.05, 0) is 56.8 Å². The molecule has 0 N–H and O–H groups in total. The van der Waals surface area contributed by atoms with Crippen molar-refractivity contribution in [2.24, 2.45) is 5.41 Å². The van der Waals surface area contributed by atoms with Crippen LogP contribution in [0.2, 0.25) is 0 Å². The van der Waals surface area contributed by atoms with Crippen molar-refractivity contribution < 1.29 is 17.6 Å². The van der Waals surface area contributed by atoms with Crippen molar-refractivity contribution in [1.29, 1.82) is 0 Å². The van der Waals surface area contributed by atoms with Crippen LogP contribution in [-0.4, -0.2) is 63.3 Å². The Kier molecular flexibility index (Phi) is 5.06. The lowest BCUT2D eigenvalue weighted by molar-refractivity contribution is 0.0999. The summed E-state index contributed by atoms with van der Waals surface area (Å²) in [6.07, 6.45) is 4.27. The molecule has 2 saturated heterocycles. The fraction of sp³-hybridized carbons (Fsp3) is 0.765. The Balaban J connectivity index is 1.62. The summed E-state index contributed by atoms with van der Waals surface area (Å²) in [4.78, 5) is 2.40. The van der Waals surface area contributed by atoms with Gasteiger partial charge in [0.2, 0.25) is 10.0 Å². The van der Waals surface area contributed by atoms with Gasteiger partial charge in [0.15, 0.2) is 0 Å². The highest BCUT2D eigenvalue weighted by molar-refractivity contribution is 7.88. The molecular formula is C17H28N2O4S. The second-order valence-electron chi connectivity index (χ2n) is 7.41. The minimum atomic E-state index is -3.18. The lowest BCUT2D eigenvalue weighted by Gasteiger charge is -2.39. The molecule has 0 aliphatic carbocycles. The van der Waals surface area contributed by atoms with Crippen LogP contribution in [-0.2, 0) is 21.3 Å². The maximum atomic E-state index is 12.1. The van der Waals surface area contributed by atoms with Gasteiger partial charge in [0.05, 0.1) is 19.4 Å². The molecule has 24 heavy (non-hydrogen) atoms. The molecule has 3 rings (SSSR count). The van der Waals surface area contributed by atoms with Gasteiger partial charge in [-0.15, -0.1) is 0 Å². The van der Waals surface area contributed by atoms with E-state index in [-0.39, 0.29) is 11.5 Å². The first-order valence-corrected chi connectivity index (χ1v) is 10.4. The van der Waals surface area contributed by atoms with E-state index in [1.807, 2.05) is 19.1 Å². The molecule has 1 unspecified atom stereocenters. The maximum absolute atomic E-state index is 12.1. The van der Waals surface area contributed by atoms with Gasteiger partial charge in [0, 0.05) is 19.7 Å². The molecule has 0 saturated carbocycles. The van der Waals surface area contributed by atoms with Crippen LogP contribution in [0.1, 0.15) is 30.8 Å². The van der Waals surface area contributed by atoms with Crippen molar-refractivity contribution in [3.63, 3.8) is 0 Å². The fourth-order valence-corrected chi connectivity index (χ4v) is 5.37. The SMILES string of the molecule is COCC1CC2(CCN(Cc3ccc(C)o3)CC2)CN1S(C)(=O)=O. The summed E-state index contributed by atoms with van der Waals surface area (Å²) in [5, 5.41) is 0. The van der Waals surface area contributed by atoms with Crippen molar-refractivity contribution in [2.75, 3.05) is 39.6 Å². The van der Waals surface area contributed by atoms with Crippen LogP contribution in [0, 0.1) is 12.3 Å². The molecule has 0 amide bonds. The molecule has 0 bridgehead atoms. The number of hydrogen-bond donors (Lipinski definition) is 0. The van der Waals surface area contributed by atoms with Gasteiger partial charge in [-0.25, -0.2) is 8.42 Å². The number of ether oxygens (including phenoxy) is 1. The molecule has 1 spiro atoms. The molecule has 136 valence electrons. The zero-order chi connectivity index (χ0) is 17.4. The number of hydrogen-bond acceptors (Lipinski definition) is 5. The molecule has 7 heteroatoms. The highest BCUT2D eigenvalue weighted by Gasteiger charge is 2.48. The fourth-order valence-electron chi connectivity index (χ4n) is 4.19. The Morgan fingerprint density at radius 1 is 1.33 bits per heavy atom. The molecule has 2 fully saturated rings. The summed E-state index contributed by atoms with van der Waals surface area (Å²) in [5.41, 5.74) is 0.0991. The summed E-state index contributed by atoms with van der Waals surface area (Å²) < 4.78 is 36.8. The summed E-state index contributed by atoms with van der Waals surface area (Å²) in [6, 6.07) is 4.01. The largest absolute Gasteiger partial charge is 0.465 e. The summed E-state index contributed by atoms with van der Waals surface area (Å²) in [5.74, 6) is 1.95. The number of sulfonamides is 1. The lowest BCUT2D eigenvalue weighted by Crippen LogP contribution is -2.42. The van der Waals surface area contributed by atoms with Gasteiger partial charge < -0.3 is 9.15 Å². The lowest BCUT2D eigenvalue weighted by atomic mass is 9.76. The average molecular weight is 356 g/mol. The minimum absolute atomic E-state index is 0.0238. The topological polar surface area (TPSA) is 63.0 Å². The van der Waals surface area contributed by atoms with Gasteiger partial charge >= 0.3 is 0 Å². The second kappa shape index (κ2) is 6.78. The normalized spacial score (nSPS) is 25.5. The number of methoxy groups -OCH3 is 1. The molecular weight excluding hydrogens is 328 g/mol. The minimum Gasteiger partial charge on any atom is -0.465 e. The highest BCUT2D eigenvalue weighted by atomic mass is 32.2. The Bertz CT molecular complexity index is 662. The standard InChI is InChI=1S/C17H28N2O4S/c1-14-4-5-16(23-14)11-18-8-6-17(7-9-18)10-15(12-22-2)19(13-17)24(3,20)21/h4-5,15H,6-13H2,1-3H3. The molecule has 3 heterocycles. The van der Waals surface area contributed by atoms with Gasteiger partial charge in [0.25, 0.3) is 0 Å². The predicted octanol–water partition coefficient (Wildman–Crippen LogP) is 1.85. The van der Waals surface area contributed by atoms with Crippen LogP contribution in [0.15, 0.2) is 16.5 Å². The third kappa shape index (κ3) is 3.85. The average Bonchev–Trinajstić information content (AvgIpc) is 3.06. The highest BCUT2D eigenvalue weighted by Crippen LogP contribution is 2.44. The van der Waals surface area contributed by atoms with Crippen molar-refractivity contribution in [1.82, 2.24) is 9.21 Å². The number of rotatable bonds is 5. The van der Waals surface area contributed by atoms with Crippen LogP contribution in [0.25, 0.3) is 0 Å². The molecule has 0 aromatic carbocycles. The molecule has 1 atom stereocenters. The van der Waals surface area contributed by atoms with E-state index in [0.29, 0.717) is 13.2 Å². The number of piperidine rings is 1. The van der Waals surface area contributed by atoms with Crippen LogP contribution in [0.3, 0.4) is 0 Å². The van der Waals surface area contributed by atoms with E-state index in [4.69, 9.17) is 9.15 Å². The molecule has 2 aliphatic rings. The maximum Gasteiger partial charge on any atom is 0.211 e. The zero-order valence-corrected chi connectivity index (χ0v) is 15.6. The first-order valence-electron chi connectivity index (χ1n) is 8.55. The van der Waals surface area contributed by atoms with E-state index in [9.17, 15) is 8.42 Å². The first kappa shape index (κ1) is 17.9. The molecule has 1 aromatic rings. The summed E-state index contributed by atoms with van der Waals surface area (Å²) in [7, 11) is -1.55. The Hall–Kier alpha value is -0.890. The van der Waals surface area contributed by atoms with Crippen LogP contribution in [0.4, 0.5) is 0 Å². The molecule has 0 radical (unpaired) electrons. The first-order chi connectivity index (χ1) is 11.3.